The molecule has 0 saturated carbocycles. The van der Waals surface area contributed by atoms with Gasteiger partial charge in [-0.2, -0.15) is 0 Å². The first-order valence-electron chi connectivity index (χ1n) is 9.60. The van der Waals surface area contributed by atoms with Gasteiger partial charge >= 0.3 is 0 Å². The number of halogens is 1. The lowest BCUT2D eigenvalue weighted by molar-refractivity contribution is -0.120. The molecule has 0 fully saturated rings. The normalized spacial score (nSPS) is 14.9. The number of fused-ring (bicyclic) bond motifs is 1. The zero-order valence-corrected chi connectivity index (χ0v) is 17.2. The summed E-state index contributed by atoms with van der Waals surface area (Å²) < 4.78 is 6.20. The Morgan fingerprint density at radius 1 is 1.24 bits per heavy atom. The Morgan fingerprint density at radius 2 is 2.07 bits per heavy atom. The fraction of sp³-hybridized carbons (Fsp3) is 0.261. The summed E-state index contributed by atoms with van der Waals surface area (Å²) >= 11 is 5.99. The molecule has 0 radical (unpaired) electrons. The van der Waals surface area contributed by atoms with Gasteiger partial charge < -0.3 is 10.1 Å². The quantitative estimate of drug-likeness (QED) is 0.692. The van der Waals surface area contributed by atoms with Gasteiger partial charge in [-0.1, -0.05) is 35.9 Å². The van der Waals surface area contributed by atoms with Crippen LogP contribution < -0.4 is 10.1 Å². The molecular weight excluding hydrogens is 386 g/mol. The van der Waals surface area contributed by atoms with Crippen LogP contribution in [0.2, 0.25) is 5.02 Å². The fourth-order valence-electron chi connectivity index (χ4n) is 3.55. The summed E-state index contributed by atoms with van der Waals surface area (Å²) in [6, 6.07) is 13.4. The maximum atomic E-state index is 12.3. The van der Waals surface area contributed by atoms with E-state index in [1.165, 1.54) is 0 Å². The number of nitrogens with one attached hydrogen (secondary N) is 1. The fourth-order valence-corrected chi connectivity index (χ4v) is 3.77. The number of aromatic nitrogens is 2. The number of amides is 1. The van der Waals surface area contributed by atoms with Gasteiger partial charge in [0, 0.05) is 23.2 Å². The molecule has 1 atom stereocenters. The molecule has 0 spiro atoms. The zero-order chi connectivity index (χ0) is 20.4. The third kappa shape index (κ3) is 4.40. The van der Waals surface area contributed by atoms with Crippen molar-refractivity contribution in [1.82, 2.24) is 15.3 Å². The van der Waals surface area contributed by atoms with E-state index in [-0.39, 0.29) is 12.0 Å². The Morgan fingerprint density at radius 3 is 2.90 bits per heavy atom. The van der Waals surface area contributed by atoms with Crippen molar-refractivity contribution in [3.63, 3.8) is 0 Å². The highest BCUT2D eigenvalue weighted by Gasteiger charge is 2.27. The number of benzene rings is 2. The smallest absolute Gasteiger partial charge is 0.224 e. The van der Waals surface area contributed by atoms with Gasteiger partial charge in [0.05, 0.1) is 30.0 Å². The van der Waals surface area contributed by atoms with Crippen LogP contribution in [0.5, 0.6) is 5.75 Å². The molecule has 3 aromatic rings. The average Bonchev–Trinajstić information content (AvgIpc) is 3.11. The second-order valence-corrected chi connectivity index (χ2v) is 7.73. The van der Waals surface area contributed by atoms with E-state index in [0.717, 1.165) is 45.9 Å². The molecule has 2 heterocycles. The Kier molecular flexibility index (Phi) is 5.49. The summed E-state index contributed by atoms with van der Waals surface area (Å²) in [6.45, 7) is 4.33. The molecule has 0 aliphatic carbocycles. The topological polar surface area (TPSA) is 64.1 Å². The van der Waals surface area contributed by atoms with Crippen molar-refractivity contribution in [3.05, 3.63) is 76.2 Å². The lowest BCUT2D eigenvalue weighted by atomic mass is 10.0. The van der Waals surface area contributed by atoms with Gasteiger partial charge in [-0.3, -0.25) is 9.78 Å². The molecule has 5 nitrogen and oxygen atoms in total. The first-order valence-corrected chi connectivity index (χ1v) is 9.97. The number of nitrogens with zero attached hydrogens (tertiary/aromatic N) is 2. The van der Waals surface area contributed by atoms with Crippen molar-refractivity contribution in [3.8, 4) is 17.0 Å². The van der Waals surface area contributed by atoms with Crippen molar-refractivity contribution >= 4 is 17.5 Å². The van der Waals surface area contributed by atoms with Crippen LogP contribution in [0.3, 0.4) is 0 Å². The maximum Gasteiger partial charge on any atom is 0.224 e. The van der Waals surface area contributed by atoms with Crippen LogP contribution in [-0.4, -0.2) is 28.5 Å². The first-order chi connectivity index (χ1) is 14.0. The minimum Gasteiger partial charge on any atom is -0.487 e. The summed E-state index contributed by atoms with van der Waals surface area (Å²) in [5.41, 5.74) is 5.54. The Hall–Kier alpha value is -2.92. The van der Waals surface area contributed by atoms with E-state index in [1.807, 2.05) is 38.1 Å². The first kappa shape index (κ1) is 19.4. The lowest BCUT2D eigenvalue weighted by Gasteiger charge is -2.14. The molecule has 0 bridgehead atoms. The minimum atomic E-state index is -0.104. The summed E-state index contributed by atoms with van der Waals surface area (Å²) in [7, 11) is 0. The number of hydrogen-bond acceptors (Lipinski definition) is 4. The van der Waals surface area contributed by atoms with E-state index in [9.17, 15) is 4.79 Å². The summed E-state index contributed by atoms with van der Waals surface area (Å²) in [6.07, 6.45) is 2.70. The van der Waals surface area contributed by atoms with Crippen LogP contribution in [0.25, 0.3) is 11.3 Å². The molecule has 1 amide bonds. The SMILES string of the molecule is Cc1cnc(C)c(-c2cccc3c2O[C@H](CNC(=O)Cc2cccc(Cl)c2)C3)n1. The van der Waals surface area contributed by atoms with Crippen molar-refractivity contribution in [1.29, 1.82) is 0 Å². The van der Waals surface area contributed by atoms with Crippen LogP contribution >= 0.6 is 11.6 Å². The molecule has 1 aromatic heterocycles. The largest absolute Gasteiger partial charge is 0.487 e. The van der Waals surface area contributed by atoms with Crippen LogP contribution in [0.15, 0.2) is 48.7 Å². The highest BCUT2D eigenvalue weighted by atomic mass is 35.5. The van der Waals surface area contributed by atoms with Crippen LogP contribution in [0.4, 0.5) is 0 Å². The van der Waals surface area contributed by atoms with Gasteiger partial charge in [-0.25, -0.2) is 4.98 Å². The van der Waals surface area contributed by atoms with Crippen LogP contribution in [0.1, 0.15) is 22.5 Å². The monoisotopic (exact) mass is 407 g/mol. The Bertz CT molecular complexity index is 1070. The molecule has 1 aliphatic rings. The van der Waals surface area contributed by atoms with E-state index in [1.54, 1.807) is 18.3 Å². The summed E-state index contributed by atoms with van der Waals surface area (Å²) in [5.74, 6) is 0.789. The molecule has 4 rings (SSSR count). The second kappa shape index (κ2) is 8.21. The number of para-hydroxylation sites is 1. The lowest BCUT2D eigenvalue weighted by Crippen LogP contribution is -2.35. The molecule has 1 N–H and O–H groups in total. The molecule has 6 heteroatoms. The molecule has 29 heavy (non-hydrogen) atoms. The predicted octanol–water partition coefficient (Wildman–Crippen LogP) is 4.08. The van der Waals surface area contributed by atoms with Gasteiger partial charge in [0.25, 0.3) is 0 Å². The number of aryl methyl sites for hydroxylation is 2. The zero-order valence-electron chi connectivity index (χ0n) is 16.4. The Balaban J connectivity index is 1.43. The van der Waals surface area contributed by atoms with E-state index in [0.29, 0.717) is 18.0 Å². The van der Waals surface area contributed by atoms with E-state index >= 15 is 0 Å². The highest BCUT2D eigenvalue weighted by Crippen LogP contribution is 2.38. The summed E-state index contributed by atoms with van der Waals surface area (Å²) in [4.78, 5) is 21.4. The number of carbonyl (C=O) groups excluding carboxylic acids is 1. The standard InChI is InChI=1S/C23H22ClN3O2/c1-14-12-25-15(2)22(27-14)20-8-4-6-17-11-19(29-23(17)20)13-26-21(28)10-16-5-3-7-18(24)9-16/h3-9,12,19H,10-11,13H2,1-2H3,(H,26,28)/t19-/m0/s1. The van der Waals surface area contributed by atoms with Crippen LogP contribution in [-0.2, 0) is 17.6 Å². The van der Waals surface area contributed by atoms with Gasteiger partial charge in [0.1, 0.15) is 11.9 Å². The minimum absolute atomic E-state index is 0.0487. The second-order valence-electron chi connectivity index (χ2n) is 7.29. The van der Waals surface area contributed by atoms with E-state index in [2.05, 4.69) is 21.4 Å². The number of rotatable bonds is 5. The molecule has 1 aliphatic heterocycles. The van der Waals surface area contributed by atoms with Crippen LogP contribution in [0, 0.1) is 13.8 Å². The van der Waals surface area contributed by atoms with Gasteiger partial charge in [-0.15, -0.1) is 0 Å². The van der Waals surface area contributed by atoms with Crippen molar-refractivity contribution < 1.29 is 9.53 Å². The predicted molar refractivity (Wildman–Crippen MR) is 113 cm³/mol. The third-order valence-electron chi connectivity index (χ3n) is 4.94. The average molecular weight is 408 g/mol. The van der Waals surface area contributed by atoms with Gasteiger partial charge in [0.2, 0.25) is 5.91 Å². The Labute approximate surface area is 175 Å². The van der Waals surface area contributed by atoms with Crippen molar-refractivity contribution in [2.75, 3.05) is 6.54 Å². The van der Waals surface area contributed by atoms with E-state index in [4.69, 9.17) is 16.3 Å². The third-order valence-corrected chi connectivity index (χ3v) is 5.18. The molecule has 2 aromatic carbocycles. The van der Waals surface area contributed by atoms with Crippen molar-refractivity contribution in [2.45, 2.75) is 32.8 Å². The number of hydrogen-bond donors (Lipinski definition) is 1. The highest BCUT2D eigenvalue weighted by molar-refractivity contribution is 6.30. The molecule has 0 saturated heterocycles. The summed E-state index contributed by atoms with van der Waals surface area (Å²) in [5, 5.41) is 3.60. The van der Waals surface area contributed by atoms with Crippen molar-refractivity contribution in [2.24, 2.45) is 0 Å². The molecule has 0 unspecified atom stereocenters. The molecular formula is C23H22ClN3O2. The van der Waals surface area contributed by atoms with Gasteiger partial charge in [0.15, 0.2) is 0 Å². The van der Waals surface area contributed by atoms with Gasteiger partial charge in [-0.05, 0) is 43.2 Å². The molecule has 148 valence electrons. The van der Waals surface area contributed by atoms with E-state index < -0.39 is 0 Å². The number of carbonyl (C=O) groups is 1. The number of ether oxygens (including phenoxy) is 1. The maximum absolute atomic E-state index is 12.3.